The molecule has 3 N–H and O–H groups in total. The number of carbonyl (C=O) groups is 1. The summed E-state index contributed by atoms with van der Waals surface area (Å²) in [5.74, 6) is 6.19. The quantitative estimate of drug-likeness (QED) is 0.351. The number of unbranched alkanes of at least 4 members (excludes halogenated alkanes) is 1. The number of allylic oxidation sites excluding steroid dienone is 2. The number of carboxylic acids is 1. The van der Waals surface area contributed by atoms with Gasteiger partial charge in [-0.1, -0.05) is 19.1 Å². The molecular formula is C21H30O5. The molecule has 0 spiro atoms. The Morgan fingerprint density at radius 1 is 1.46 bits per heavy atom. The van der Waals surface area contributed by atoms with E-state index in [2.05, 4.69) is 11.8 Å². The van der Waals surface area contributed by atoms with Crippen molar-refractivity contribution >= 4 is 5.97 Å². The maximum atomic E-state index is 10.6. The molecule has 0 aromatic heterocycles. The second-order valence-electron chi connectivity index (χ2n) is 7.34. The molecule has 1 aliphatic carbocycles. The number of aliphatic hydroxyl groups excluding tert-OH is 2. The van der Waals surface area contributed by atoms with Gasteiger partial charge >= 0.3 is 5.97 Å². The molecule has 0 bridgehead atoms. The zero-order valence-corrected chi connectivity index (χ0v) is 15.6. The number of aliphatic carboxylic acids is 1. The smallest absolute Gasteiger partial charge is 0.303 e. The Bertz CT molecular complexity index is 597. The lowest BCUT2D eigenvalue weighted by atomic mass is 9.89. The first-order valence-electron chi connectivity index (χ1n) is 9.44. The highest BCUT2D eigenvalue weighted by molar-refractivity contribution is 5.66. The van der Waals surface area contributed by atoms with Crippen LogP contribution in [0.5, 0.6) is 0 Å². The Hall–Kier alpha value is -1.77. The second-order valence-corrected chi connectivity index (χ2v) is 7.34. The molecule has 0 radical (unpaired) electrons. The molecule has 6 atom stereocenters. The van der Waals surface area contributed by atoms with Crippen LogP contribution in [0.1, 0.15) is 52.4 Å². The largest absolute Gasteiger partial charge is 0.495 e. The van der Waals surface area contributed by atoms with E-state index in [0.29, 0.717) is 25.7 Å². The van der Waals surface area contributed by atoms with Crippen LogP contribution in [0.2, 0.25) is 0 Å². The molecule has 5 heteroatoms. The maximum Gasteiger partial charge on any atom is 0.303 e. The summed E-state index contributed by atoms with van der Waals surface area (Å²) in [7, 11) is 0. The second kappa shape index (κ2) is 9.80. The fourth-order valence-electron chi connectivity index (χ4n) is 3.72. The van der Waals surface area contributed by atoms with Gasteiger partial charge in [-0.15, -0.1) is 11.8 Å². The fraction of sp³-hybridized carbons (Fsp3) is 0.667. The van der Waals surface area contributed by atoms with E-state index in [1.807, 2.05) is 19.1 Å². The lowest BCUT2D eigenvalue weighted by Gasteiger charge is -2.17. The van der Waals surface area contributed by atoms with Gasteiger partial charge < -0.3 is 20.1 Å². The summed E-state index contributed by atoms with van der Waals surface area (Å²) >= 11 is 0. The number of hydrogen-bond acceptors (Lipinski definition) is 4. The van der Waals surface area contributed by atoms with Crippen molar-refractivity contribution in [3.8, 4) is 11.8 Å². The van der Waals surface area contributed by atoms with E-state index < -0.39 is 18.2 Å². The number of fused-ring (bicyclic) bond motifs is 1. The molecule has 0 aromatic carbocycles. The molecule has 2 rings (SSSR count). The van der Waals surface area contributed by atoms with Gasteiger partial charge in [0.1, 0.15) is 6.10 Å². The van der Waals surface area contributed by atoms with Crippen molar-refractivity contribution in [2.45, 2.75) is 70.7 Å². The van der Waals surface area contributed by atoms with Crippen molar-refractivity contribution in [2.75, 3.05) is 0 Å². The van der Waals surface area contributed by atoms with Gasteiger partial charge in [-0.2, -0.15) is 0 Å². The number of ether oxygens (including phenoxy) is 1. The predicted octanol–water partition coefficient (Wildman–Crippen LogP) is 2.88. The van der Waals surface area contributed by atoms with Crippen molar-refractivity contribution in [3.63, 3.8) is 0 Å². The SMILES string of the molecule is CC#CCC(C)[C@H](O)/C=C/[C@@H]1[C@H]2C/C(=C/CCCC(=O)O)O[C@H]2C[C@H]1O. The molecule has 2 fully saturated rings. The molecule has 0 aromatic rings. The third-order valence-electron chi connectivity index (χ3n) is 5.31. The third kappa shape index (κ3) is 5.62. The van der Waals surface area contributed by atoms with Gasteiger partial charge in [0.2, 0.25) is 0 Å². The average molecular weight is 362 g/mol. The molecule has 26 heavy (non-hydrogen) atoms. The molecule has 1 saturated heterocycles. The van der Waals surface area contributed by atoms with Gasteiger partial charge in [0.15, 0.2) is 0 Å². The molecule has 144 valence electrons. The van der Waals surface area contributed by atoms with Crippen molar-refractivity contribution in [2.24, 2.45) is 17.8 Å². The van der Waals surface area contributed by atoms with Crippen molar-refractivity contribution in [3.05, 3.63) is 24.0 Å². The molecule has 1 aliphatic heterocycles. The zero-order chi connectivity index (χ0) is 19.1. The Balaban J connectivity index is 1.89. The lowest BCUT2D eigenvalue weighted by Crippen LogP contribution is -2.19. The Morgan fingerprint density at radius 3 is 2.92 bits per heavy atom. The predicted molar refractivity (Wildman–Crippen MR) is 99.0 cm³/mol. The standard InChI is InChI=1S/C21H30O5/c1-3-4-7-14(2)18(22)11-10-16-17-12-15(8-5-6-9-21(24)25)26-20(17)13-19(16)23/h8,10-11,14,16-20,22-23H,5-7,9,12-13H2,1-2H3,(H,24,25)/b11-10+,15-8-/t14?,16-,17-,18-,19-,20+/m1/s1. The van der Waals surface area contributed by atoms with Gasteiger partial charge in [-0.05, 0) is 31.8 Å². The topological polar surface area (TPSA) is 87.0 Å². The van der Waals surface area contributed by atoms with Crippen molar-refractivity contribution in [1.82, 2.24) is 0 Å². The normalized spacial score (nSPS) is 31.3. The number of hydrogen-bond donors (Lipinski definition) is 3. The first-order chi connectivity index (χ1) is 12.4. The highest BCUT2D eigenvalue weighted by Crippen LogP contribution is 2.45. The monoisotopic (exact) mass is 362 g/mol. The van der Waals surface area contributed by atoms with Crippen molar-refractivity contribution in [1.29, 1.82) is 0 Å². The first kappa shape index (κ1) is 20.5. The molecule has 1 unspecified atom stereocenters. The summed E-state index contributed by atoms with van der Waals surface area (Å²) in [6.45, 7) is 3.75. The summed E-state index contributed by atoms with van der Waals surface area (Å²) in [5.41, 5.74) is 0. The summed E-state index contributed by atoms with van der Waals surface area (Å²) in [5, 5.41) is 29.2. The zero-order valence-electron chi connectivity index (χ0n) is 15.6. The number of carboxylic acid groups (broad SMARTS) is 1. The molecule has 5 nitrogen and oxygen atoms in total. The van der Waals surface area contributed by atoms with Crippen LogP contribution in [0.4, 0.5) is 0 Å². The van der Waals surface area contributed by atoms with Crippen LogP contribution in [0, 0.1) is 29.6 Å². The van der Waals surface area contributed by atoms with E-state index in [4.69, 9.17) is 9.84 Å². The Labute approximate surface area is 155 Å². The Kier molecular flexibility index (Phi) is 7.74. The highest BCUT2D eigenvalue weighted by Gasteiger charge is 2.46. The van der Waals surface area contributed by atoms with Gasteiger partial charge in [-0.25, -0.2) is 0 Å². The van der Waals surface area contributed by atoms with Gasteiger partial charge in [0, 0.05) is 37.5 Å². The minimum absolute atomic E-state index is 0.00546. The van der Waals surface area contributed by atoms with Crippen LogP contribution in [0.3, 0.4) is 0 Å². The summed E-state index contributed by atoms with van der Waals surface area (Å²) < 4.78 is 5.94. The summed E-state index contributed by atoms with van der Waals surface area (Å²) in [6, 6.07) is 0. The number of rotatable bonds is 8. The maximum absolute atomic E-state index is 10.6. The highest BCUT2D eigenvalue weighted by atomic mass is 16.5. The minimum atomic E-state index is -0.779. The van der Waals surface area contributed by atoms with E-state index in [1.165, 1.54) is 0 Å². The van der Waals surface area contributed by atoms with E-state index >= 15 is 0 Å². The van der Waals surface area contributed by atoms with Gasteiger partial charge in [0.25, 0.3) is 0 Å². The molecular weight excluding hydrogens is 332 g/mol. The van der Waals surface area contributed by atoms with Crippen LogP contribution in [0.25, 0.3) is 0 Å². The molecule has 1 heterocycles. The van der Waals surface area contributed by atoms with Gasteiger partial charge in [0.05, 0.1) is 18.0 Å². The molecule has 2 aliphatic rings. The first-order valence-corrected chi connectivity index (χ1v) is 9.44. The average Bonchev–Trinajstić information content (AvgIpc) is 3.10. The number of aliphatic hydroxyl groups is 2. The fourth-order valence-corrected chi connectivity index (χ4v) is 3.72. The van der Waals surface area contributed by atoms with E-state index in [1.54, 1.807) is 13.0 Å². The minimum Gasteiger partial charge on any atom is -0.495 e. The van der Waals surface area contributed by atoms with Crippen LogP contribution in [-0.4, -0.2) is 39.6 Å². The molecule has 0 amide bonds. The van der Waals surface area contributed by atoms with E-state index in [0.717, 1.165) is 12.2 Å². The van der Waals surface area contributed by atoms with Crippen molar-refractivity contribution < 1.29 is 24.9 Å². The summed E-state index contributed by atoms with van der Waals surface area (Å²) in [6.07, 6.45) is 8.15. The Morgan fingerprint density at radius 2 is 2.23 bits per heavy atom. The van der Waals surface area contributed by atoms with E-state index in [-0.39, 0.29) is 30.3 Å². The van der Waals surface area contributed by atoms with Crippen LogP contribution in [0.15, 0.2) is 24.0 Å². The van der Waals surface area contributed by atoms with Crippen LogP contribution < -0.4 is 0 Å². The third-order valence-corrected chi connectivity index (χ3v) is 5.31. The van der Waals surface area contributed by atoms with Crippen LogP contribution >= 0.6 is 0 Å². The lowest BCUT2D eigenvalue weighted by molar-refractivity contribution is -0.137. The van der Waals surface area contributed by atoms with Gasteiger partial charge in [-0.3, -0.25) is 4.79 Å². The van der Waals surface area contributed by atoms with E-state index in [9.17, 15) is 15.0 Å². The summed E-state index contributed by atoms with van der Waals surface area (Å²) in [4.78, 5) is 10.6. The molecule has 1 saturated carbocycles. The van der Waals surface area contributed by atoms with Crippen LogP contribution in [-0.2, 0) is 9.53 Å².